The van der Waals surface area contributed by atoms with Crippen molar-refractivity contribution in [3.8, 4) is 0 Å². The van der Waals surface area contributed by atoms with Crippen molar-refractivity contribution < 1.29 is 14.3 Å². The first kappa shape index (κ1) is 16.6. The molecule has 0 aliphatic rings. The van der Waals surface area contributed by atoms with E-state index >= 15 is 0 Å². The number of carbonyl (C=O) groups excluding carboxylic acids is 2. The Kier molecular flexibility index (Phi) is 6.64. The zero-order chi connectivity index (χ0) is 15.1. The van der Waals surface area contributed by atoms with Crippen molar-refractivity contribution >= 4 is 27.8 Å². The van der Waals surface area contributed by atoms with Crippen LogP contribution in [0.2, 0.25) is 0 Å². The number of rotatable bonds is 6. The van der Waals surface area contributed by atoms with Gasteiger partial charge in [-0.3, -0.25) is 9.59 Å². The Morgan fingerprint density at radius 1 is 1.45 bits per heavy atom. The van der Waals surface area contributed by atoms with E-state index in [1.807, 2.05) is 13.8 Å². The second-order valence-corrected chi connectivity index (χ2v) is 5.56. The van der Waals surface area contributed by atoms with Crippen molar-refractivity contribution in [3.63, 3.8) is 0 Å². The van der Waals surface area contributed by atoms with Gasteiger partial charge in [0.1, 0.15) is 11.1 Å². The van der Waals surface area contributed by atoms with Gasteiger partial charge in [-0.1, -0.05) is 13.8 Å². The van der Waals surface area contributed by atoms with Crippen molar-refractivity contribution in [2.45, 2.75) is 20.8 Å². The molecule has 0 unspecified atom stereocenters. The van der Waals surface area contributed by atoms with Gasteiger partial charge in [-0.05, 0) is 40.9 Å². The van der Waals surface area contributed by atoms with Gasteiger partial charge < -0.3 is 9.64 Å². The Bertz CT molecular complexity index is 477. The Morgan fingerprint density at radius 3 is 2.70 bits per heavy atom. The van der Waals surface area contributed by atoms with Crippen molar-refractivity contribution in [2.75, 3.05) is 19.7 Å². The van der Waals surface area contributed by atoms with Crippen molar-refractivity contribution in [3.05, 3.63) is 28.5 Å². The third kappa shape index (κ3) is 5.28. The maximum Gasteiger partial charge on any atom is 0.325 e. The molecule has 0 aromatic carbocycles. The lowest BCUT2D eigenvalue weighted by Crippen LogP contribution is -2.39. The maximum atomic E-state index is 12.4. The molecule has 0 radical (unpaired) electrons. The summed E-state index contributed by atoms with van der Waals surface area (Å²) >= 11 is 3.23. The van der Waals surface area contributed by atoms with Crippen LogP contribution in [0.25, 0.3) is 0 Å². The van der Waals surface area contributed by atoms with Crippen LogP contribution in [0, 0.1) is 5.92 Å². The lowest BCUT2D eigenvalue weighted by molar-refractivity contribution is -0.143. The van der Waals surface area contributed by atoms with Gasteiger partial charge in [0.2, 0.25) is 0 Å². The van der Waals surface area contributed by atoms with Crippen LogP contribution in [0.15, 0.2) is 22.9 Å². The molecule has 0 saturated carbocycles. The quantitative estimate of drug-likeness (QED) is 0.588. The zero-order valence-electron chi connectivity index (χ0n) is 11.9. The number of pyridine rings is 1. The first-order valence-corrected chi connectivity index (χ1v) is 7.29. The van der Waals surface area contributed by atoms with Gasteiger partial charge in [0, 0.05) is 18.3 Å². The lowest BCUT2D eigenvalue weighted by atomic mass is 10.1. The molecule has 0 spiro atoms. The minimum atomic E-state index is -0.394. The summed E-state index contributed by atoms with van der Waals surface area (Å²) in [6.45, 7) is 6.50. The molecule has 110 valence electrons. The Hall–Kier alpha value is -1.43. The van der Waals surface area contributed by atoms with Gasteiger partial charge in [-0.15, -0.1) is 0 Å². The number of aromatic nitrogens is 1. The molecule has 1 aromatic heterocycles. The second-order valence-electron chi connectivity index (χ2n) is 4.75. The summed E-state index contributed by atoms with van der Waals surface area (Å²) in [5.74, 6) is -0.330. The summed E-state index contributed by atoms with van der Waals surface area (Å²) in [5.41, 5.74) is 0.497. The topological polar surface area (TPSA) is 59.5 Å². The zero-order valence-corrected chi connectivity index (χ0v) is 13.5. The number of carbonyl (C=O) groups is 2. The van der Waals surface area contributed by atoms with E-state index in [2.05, 4.69) is 20.9 Å². The third-order valence-electron chi connectivity index (χ3n) is 2.47. The van der Waals surface area contributed by atoms with E-state index in [4.69, 9.17) is 4.74 Å². The van der Waals surface area contributed by atoms with Gasteiger partial charge >= 0.3 is 5.97 Å². The first-order chi connectivity index (χ1) is 9.43. The Morgan fingerprint density at radius 2 is 2.15 bits per heavy atom. The molecule has 0 N–H and O–H groups in total. The van der Waals surface area contributed by atoms with Gasteiger partial charge in [0.25, 0.3) is 5.91 Å². The highest BCUT2D eigenvalue weighted by Gasteiger charge is 2.20. The molecule has 0 aliphatic heterocycles. The number of hydrogen-bond donors (Lipinski definition) is 0. The third-order valence-corrected chi connectivity index (χ3v) is 2.91. The highest BCUT2D eigenvalue weighted by Crippen LogP contribution is 2.12. The molecule has 20 heavy (non-hydrogen) atoms. The second kappa shape index (κ2) is 7.99. The van der Waals surface area contributed by atoms with Crippen LogP contribution < -0.4 is 0 Å². The Labute approximate surface area is 127 Å². The number of esters is 1. The SMILES string of the molecule is CCOC(=O)CN(CC(C)C)C(=O)c1ccnc(Br)c1. The van der Waals surface area contributed by atoms with E-state index in [9.17, 15) is 9.59 Å². The minimum absolute atomic E-state index is 0.0369. The molecule has 1 rings (SSSR count). The summed E-state index contributed by atoms with van der Waals surface area (Å²) in [6, 6.07) is 3.27. The molecule has 1 aromatic rings. The summed E-state index contributed by atoms with van der Waals surface area (Å²) in [5, 5.41) is 0. The largest absolute Gasteiger partial charge is 0.465 e. The van der Waals surface area contributed by atoms with Crippen LogP contribution in [-0.2, 0) is 9.53 Å². The molecule has 1 heterocycles. The van der Waals surface area contributed by atoms with E-state index in [1.165, 1.54) is 4.90 Å². The summed E-state index contributed by atoms with van der Waals surface area (Å²) < 4.78 is 5.50. The molecule has 6 heteroatoms. The van der Waals surface area contributed by atoms with E-state index in [-0.39, 0.29) is 18.4 Å². The minimum Gasteiger partial charge on any atom is -0.465 e. The highest BCUT2D eigenvalue weighted by atomic mass is 79.9. The van der Waals surface area contributed by atoms with Gasteiger partial charge in [-0.25, -0.2) is 4.98 Å². The lowest BCUT2D eigenvalue weighted by Gasteiger charge is -2.23. The molecular formula is C14H19BrN2O3. The monoisotopic (exact) mass is 342 g/mol. The van der Waals surface area contributed by atoms with E-state index in [0.717, 1.165) is 0 Å². The van der Waals surface area contributed by atoms with Crippen molar-refractivity contribution in [2.24, 2.45) is 5.92 Å². The first-order valence-electron chi connectivity index (χ1n) is 6.50. The van der Waals surface area contributed by atoms with E-state index < -0.39 is 5.97 Å². The number of amides is 1. The van der Waals surface area contributed by atoms with Crippen LogP contribution in [0.4, 0.5) is 0 Å². The highest BCUT2D eigenvalue weighted by molar-refractivity contribution is 9.10. The van der Waals surface area contributed by atoms with Crippen molar-refractivity contribution in [1.29, 1.82) is 0 Å². The standard InChI is InChI=1S/C14H19BrN2O3/c1-4-20-13(18)9-17(8-10(2)3)14(19)11-5-6-16-12(15)7-11/h5-7,10H,4,8-9H2,1-3H3. The average Bonchev–Trinajstić information content (AvgIpc) is 2.37. The normalized spacial score (nSPS) is 10.4. The fourth-order valence-corrected chi connectivity index (χ4v) is 2.11. The van der Waals surface area contributed by atoms with Gasteiger partial charge in [-0.2, -0.15) is 0 Å². The molecule has 0 atom stereocenters. The van der Waals surface area contributed by atoms with Gasteiger partial charge in [0.05, 0.1) is 6.61 Å². The van der Waals surface area contributed by atoms with Crippen LogP contribution in [0.3, 0.4) is 0 Å². The molecule has 5 nitrogen and oxygen atoms in total. The fourth-order valence-electron chi connectivity index (χ4n) is 1.74. The predicted molar refractivity (Wildman–Crippen MR) is 79.3 cm³/mol. The number of hydrogen-bond acceptors (Lipinski definition) is 4. The summed E-state index contributed by atoms with van der Waals surface area (Å²) in [4.78, 5) is 29.5. The molecule has 0 aliphatic carbocycles. The van der Waals surface area contributed by atoms with E-state index in [1.54, 1.807) is 25.3 Å². The van der Waals surface area contributed by atoms with E-state index in [0.29, 0.717) is 23.3 Å². The van der Waals surface area contributed by atoms with Crippen LogP contribution in [-0.4, -0.2) is 41.5 Å². The number of nitrogens with zero attached hydrogens (tertiary/aromatic N) is 2. The van der Waals surface area contributed by atoms with Crippen molar-refractivity contribution in [1.82, 2.24) is 9.88 Å². The molecule has 0 fully saturated rings. The Balaban J connectivity index is 2.86. The smallest absolute Gasteiger partial charge is 0.325 e. The fraction of sp³-hybridized carbons (Fsp3) is 0.500. The van der Waals surface area contributed by atoms with Crippen LogP contribution in [0.1, 0.15) is 31.1 Å². The summed E-state index contributed by atoms with van der Waals surface area (Å²) in [7, 11) is 0. The molecular weight excluding hydrogens is 324 g/mol. The van der Waals surface area contributed by atoms with Crippen LogP contribution >= 0.6 is 15.9 Å². The van der Waals surface area contributed by atoms with Gasteiger partial charge in [0.15, 0.2) is 0 Å². The number of ether oxygens (including phenoxy) is 1. The molecule has 1 amide bonds. The predicted octanol–water partition coefficient (Wildman–Crippen LogP) is 2.51. The molecule has 0 bridgehead atoms. The number of halogens is 1. The van der Waals surface area contributed by atoms with Crippen LogP contribution in [0.5, 0.6) is 0 Å². The molecule has 0 saturated heterocycles. The maximum absolute atomic E-state index is 12.4. The average molecular weight is 343 g/mol. The summed E-state index contributed by atoms with van der Waals surface area (Å²) in [6.07, 6.45) is 1.55.